The number of aliphatic imine (C=N–C) groups is 1. The van der Waals surface area contributed by atoms with Gasteiger partial charge in [0.1, 0.15) is 5.84 Å². The smallest absolute Gasteiger partial charge is 0.155 e. The van der Waals surface area contributed by atoms with E-state index in [0.717, 1.165) is 0 Å². The van der Waals surface area contributed by atoms with Crippen LogP contribution in [0, 0.1) is 5.41 Å². The van der Waals surface area contributed by atoms with E-state index in [-0.39, 0.29) is 11.7 Å². The third-order valence-electron chi connectivity index (χ3n) is 2.12. The van der Waals surface area contributed by atoms with Crippen molar-refractivity contribution in [2.45, 2.75) is 0 Å². The van der Waals surface area contributed by atoms with Crippen LogP contribution in [0.4, 0.5) is 0 Å². The number of hydrogen-bond acceptors (Lipinski definition) is 3. The topological polar surface area (TPSA) is 88.0 Å². The maximum Gasteiger partial charge on any atom is 0.155 e. The van der Waals surface area contributed by atoms with Crippen molar-refractivity contribution < 1.29 is 0 Å². The molecule has 17 heavy (non-hydrogen) atoms. The van der Waals surface area contributed by atoms with Gasteiger partial charge < -0.3 is 5.73 Å². The van der Waals surface area contributed by atoms with Crippen LogP contribution in [0.15, 0.2) is 54.0 Å². The minimum atomic E-state index is 0.0828. The molecule has 0 spiro atoms. The first-order valence-electron chi connectivity index (χ1n) is 5.01. The molecular weight excluding hydrogens is 214 g/mol. The van der Waals surface area contributed by atoms with Crippen LogP contribution in [0.1, 0.15) is 11.1 Å². The normalized spacial score (nSPS) is 11.2. The maximum absolute atomic E-state index is 7.78. The Bertz CT molecular complexity index is 533. The molecule has 0 aliphatic rings. The lowest BCUT2D eigenvalue weighted by Gasteiger charge is -2.01. The van der Waals surface area contributed by atoms with Crippen LogP contribution in [0.25, 0.3) is 0 Å². The summed E-state index contributed by atoms with van der Waals surface area (Å²) in [5, 5.41) is 7.78. The number of amidine groups is 2. The Balaban J connectivity index is 2.24. The summed E-state index contributed by atoms with van der Waals surface area (Å²) in [5.74, 6) is 0.353. The first-order valence-corrected chi connectivity index (χ1v) is 5.01. The quantitative estimate of drug-likeness (QED) is 0.594. The van der Waals surface area contributed by atoms with E-state index in [0.29, 0.717) is 11.1 Å². The number of hydrogen-bond donors (Lipinski definition) is 2. The van der Waals surface area contributed by atoms with Crippen molar-refractivity contribution in [1.82, 2.24) is 9.97 Å². The summed E-state index contributed by atoms with van der Waals surface area (Å²) in [4.78, 5) is 11.9. The summed E-state index contributed by atoms with van der Waals surface area (Å²) in [5.41, 5.74) is 7.10. The highest BCUT2D eigenvalue weighted by Crippen LogP contribution is 2.01. The number of nitrogens with two attached hydrogens (primary N) is 1. The maximum atomic E-state index is 7.78. The lowest BCUT2D eigenvalue weighted by atomic mass is 10.2. The van der Waals surface area contributed by atoms with Gasteiger partial charge in [-0.25, -0.2) is 4.99 Å². The van der Waals surface area contributed by atoms with E-state index in [1.807, 2.05) is 0 Å². The van der Waals surface area contributed by atoms with E-state index in [1.54, 1.807) is 49.1 Å². The van der Waals surface area contributed by atoms with Crippen molar-refractivity contribution in [3.63, 3.8) is 0 Å². The van der Waals surface area contributed by atoms with E-state index in [4.69, 9.17) is 11.1 Å². The average Bonchev–Trinajstić information content (AvgIpc) is 2.40. The van der Waals surface area contributed by atoms with Gasteiger partial charge in [0.05, 0.1) is 0 Å². The molecule has 2 aromatic rings. The molecule has 0 bridgehead atoms. The molecule has 0 saturated heterocycles. The molecule has 3 N–H and O–H groups in total. The van der Waals surface area contributed by atoms with Gasteiger partial charge >= 0.3 is 0 Å². The van der Waals surface area contributed by atoms with Crippen molar-refractivity contribution in [2.24, 2.45) is 10.7 Å². The molecule has 0 aromatic carbocycles. The molecule has 0 atom stereocenters. The lowest BCUT2D eigenvalue weighted by Crippen LogP contribution is -2.16. The zero-order valence-electron chi connectivity index (χ0n) is 9.04. The number of rotatable bonds is 2. The minimum absolute atomic E-state index is 0.0828. The first-order chi connectivity index (χ1) is 8.27. The fourth-order valence-electron chi connectivity index (χ4n) is 1.27. The molecule has 2 heterocycles. The van der Waals surface area contributed by atoms with E-state index in [1.165, 1.54) is 0 Å². The number of aromatic nitrogens is 2. The Morgan fingerprint density at radius 3 is 2.18 bits per heavy atom. The Labute approximate surface area is 98.6 Å². The summed E-state index contributed by atoms with van der Waals surface area (Å²) >= 11 is 0. The Kier molecular flexibility index (Phi) is 3.20. The highest BCUT2D eigenvalue weighted by molar-refractivity contribution is 6.09. The van der Waals surface area contributed by atoms with Crippen molar-refractivity contribution in [3.05, 3.63) is 60.2 Å². The molecule has 0 unspecified atom stereocenters. The van der Waals surface area contributed by atoms with Crippen LogP contribution in [0.5, 0.6) is 0 Å². The van der Waals surface area contributed by atoms with Crippen LogP contribution in [0.3, 0.4) is 0 Å². The number of nitrogens with zero attached hydrogens (tertiary/aromatic N) is 3. The van der Waals surface area contributed by atoms with Gasteiger partial charge in [-0.2, -0.15) is 0 Å². The molecule has 0 amide bonds. The summed E-state index contributed by atoms with van der Waals surface area (Å²) in [6, 6.07) is 7.07. The van der Waals surface area contributed by atoms with Gasteiger partial charge in [-0.3, -0.25) is 15.4 Å². The summed E-state index contributed by atoms with van der Waals surface area (Å²) in [6.45, 7) is 0. The summed E-state index contributed by atoms with van der Waals surface area (Å²) in [6.07, 6.45) is 6.48. The van der Waals surface area contributed by atoms with Crippen LogP contribution < -0.4 is 5.73 Å². The summed E-state index contributed by atoms with van der Waals surface area (Å²) in [7, 11) is 0. The van der Waals surface area contributed by atoms with Crippen molar-refractivity contribution in [2.75, 3.05) is 0 Å². The highest BCUT2D eigenvalue weighted by atomic mass is 14.9. The molecular formula is C12H11N5. The molecule has 5 heteroatoms. The second kappa shape index (κ2) is 4.98. The van der Waals surface area contributed by atoms with Crippen LogP contribution >= 0.6 is 0 Å². The fourth-order valence-corrected chi connectivity index (χ4v) is 1.27. The zero-order valence-corrected chi connectivity index (χ0v) is 9.04. The SMILES string of the molecule is N=C(N=C(N)c1cccnc1)c1cccnc1. The third-order valence-corrected chi connectivity index (χ3v) is 2.12. The number of pyridine rings is 2. The van der Waals surface area contributed by atoms with E-state index >= 15 is 0 Å². The molecule has 0 radical (unpaired) electrons. The van der Waals surface area contributed by atoms with E-state index in [9.17, 15) is 0 Å². The van der Waals surface area contributed by atoms with Crippen LogP contribution in [0.2, 0.25) is 0 Å². The van der Waals surface area contributed by atoms with Crippen LogP contribution in [-0.2, 0) is 0 Å². The molecule has 0 saturated carbocycles. The molecule has 0 aliphatic heterocycles. The van der Waals surface area contributed by atoms with E-state index in [2.05, 4.69) is 15.0 Å². The van der Waals surface area contributed by atoms with Crippen molar-refractivity contribution in [3.8, 4) is 0 Å². The zero-order chi connectivity index (χ0) is 12.1. The third kappa shape index (κ3) is 2.72. The van der Waals surface area contributed by atoms with Crippen LogP contribution in [-0.4, -0.2) is 21.6 Å². The lowest BCUT2D eigenvalue weighted by molar-refractivity contribution is 1.28. The molecule has 2 rings (SSSR count). The Hall–Kier alpha value is -2.56. The van der Waals surface area contributed by atoms with Gasteiger partial charge in [-0.15, -0.1) is 0 Å². The van der Waals surface area contributed by atoms with Gasteiger partial charge in [0.15, 0.2) is 5.84 Å². The van der Waals surface area contributed by atoms with Gasteiger partial charge in [0.25, 0.3) is 0 Å². The Morgan fingerprint density at radius 1 is 1.06 bits per heavy atom. The molecule has 5 nitrogen and oxygen atoms in total. The van der Waals surface area contributed by atoms with E-state index < -0.39 is 0 Å². The monoisotopic (exact) mass is 225 g/mol. The fraction of sp³-hybridized carbons (Fsp3) is 0. The second-order valence-electron chi connectivity index (χ2n) is 3.33. The minimum Gasteiger partial charge on any atom is -0.383 e. The van der Waals surface area contributed by atoms with Crippen molar-refractivity contribution in [1.29, 1.82) is 5.41 Å². The average molecular weight is 225 g/mol. The second-order valence-corrected chi connectivity index (χ2v) is 3.33. The molecule has 0 aliphatic carbocycles. The predicted molar refractivity (Wildman–Crippen MR) is 66.0 cm³/mol. The highest BCUT2D eigenvalue weighted by Gasteiger charge is 2.02. The van der Waals surface area contributed by atoms with Crippen molar-refractivity contribution >= 4 is 11.7 Å². The standard InChI is InChI=1S/C12H11N5/c13-11(9-3-1-5-15-7-9)17-12(14)10-4-2-6-16-8-10/h1-8H,(H3,13,14,17). The predicted octanol–water partition coefficient (Wildman–Crippen LogP) is 1.21. The largest absolute Gasteiger partial charge is 0.383 e. The molecule has 2 aromatic heterocycles. The number of nitrogens with one attached hydrogen (secondary N) is 1. The van der Waals surface area contributed by atoms with Gasteiger partial charge in [-0.1, -0.05) is 0 Å². The Morgan fingerprint density at radius 2 is 1.65 bits per heavy atom. The van der Waals surface area contributed by atoms with Gasteiger partial charge in [-0.05, 0) is 24.3 Å². The van der Waals surface area contributed by atoms with Gasteiger partial charge in [0, 0.05) is 35.9 Å². The first kappa shape index (κ1) is 10.9. The molecule has 0 fully saturated rings. The molecule has 84 valence electrons. The summed E-state index contributed by atoms with van der Waals surface area (Å²) < 4.78 is 0. The van der Waals surface area contributed by atoms with Gasteiger partial charge in [0.2, 0.25) is 0 Å².